The normalized spacial score (nSPS) is 29.7. The zero-order valence-electron chi connectivity index (χ0n) is 7.10. The Labute approximate surface area is 76.6 Å². The second-order valence-electron chi connectivity index (χ2n) is 3.31. The van der Waals surface area contributed by atoms with Crippen molar-refractivity contribution >= 4 is 5.97 Å². The first-order valence-electron chi connectivity index (χ1n) is 4.31. The fraction of sp³-hybridized carbons (Fsp3) is 0.273. The van der Waals surface area contributed by atoms with Crippen LogP contribution >= 0.6 is 0 Å². The SMILES string of the molecule is O=C(O)C1CC1C1=CC=C=CC=C1. The average molecular weight is 174 g/mol. The molecule has 1 saturated carbocycles. The van der Waals surface area contributed by atoms with Gasteiger partial charge in [-0.05, 0) is 30.1 Å². The van der Waals surface area contributed by atoms with Crippen LogP contribution in [0.25, 0.3) is 0 Å². The van der Waals surface area contributed by atoms with Crippen molar-refractivity contribution in [2.45, 2.75) is 6.42 Å². The summed E-state index contributed by atoms with van der Waals surface area (Å²) in [6.45, 7) is 0. The maximum absolute atomic E-state index is 10.6. The number of carboxylic acid groups (broad SMARTS) is 1. The largest absolute Gasteiger partial charge is 0.481 e. The third-order valence-electron chi connectivity index (χ3n) is 2.39. The highest BCUT2D eigenvalue weighted by Crippen LogP contribution is 2.44. The molecule has 2 aliphatic rings. The fourth-order valence-corrected chi connectivity index (χ4v) is 1.55. The number of carbonyl (C=O) groups is 1. The molecule has 2 heteroatoms. The van der Waals surface area contributed by atoms with E-state index in [1.165, 1.54) is 0 Å². The van der Waals surface area contributed by atoms with Gasteiger partial charge in [-0.1, -0.05) is 18.2 Å². The van der Waals surface area contributed by atoms with Crippen molar-refractivity contribution in [2.24, 2.45) is 11.8 Å². The Morgan fingerprint density at radius 1 is 1.54 bits per heavy atom. The molecule has 1 fully saturated rings. The second kappa shape index (κ2) is 3.08. The maximum Gasteiger partial charge on any atom is 0.307 e. The topological polar surface area (TPSA) is 37.3 Å². The molecule has 0 aromatic carbocycles. The zero-order valence-corrected chi connectivity index (χ0v) is 7.10. The van der Waals surface area contributed by atoms with Crippen LogP contribution in [0.4, 0.5) is 0 Å². The van der Waals surface area contributed by atoms with E-state index in [0.29, 0.717) is 0 Å². The molecule has 2 nitrogen and oxygen atoms in total. The summed E-state index contributed by atoms with van der Waals surface area (Å²) in [5.41, 5.74) is 4.05. The van der Waals surface area contributed by atoms with Gasteiger partial charge in [-0.25, -0.2) is 0 Å². The van der Waals surface area contributed by atoms with E-state index in [2.05, 4.69) is 5.73 Å². The van der Waals surface area contributed by atoms with Gasteiger partial charge < -0.3 is 5.11 Å². The summed E-state index contributed by atoms with van der Waals surface area (Å²) in [4.78, 5) is 10.6. The molecule has 1 N–H and O–H groups in total. The Hall–Kier alpha value is -1.53. The number of carboxylic acids is 1. The minimum absolute atomic E-state index is 0.164. The third-order valence-corrected chi connectivity index (χ3v) is 2.39. The van der Waals surface area contributed by atoms with Gasteiger partial charge in [0.25, 0.3) is 0 Å². The Balaban J connectivity index is 2.09. The highest BCUT2D eigenvalue weighted by Gasteiger charge is 2.44. The predicted molar refractivity (Wildman–Crippen MR) is 49.1 cm³/mol. The smallest absolute Gasteiger partial charge is 0.307 e. The lowest BCUT2D eigenvalue weighted by atomic mass is 10.1. The maximum atomic E-state index is 10.6. The Bertz CT molecular complexity index is 354. The van der Waals surface area contributed by atoms with Crippen LogP contribution in [-0.2, 0) is 4.79 Å². The summed E-state index contributed by atoms with van der Waals surface area (Å²) in [7, 11) is 0. The van der Waals surface area contributed by atoms with E-state index >= 15 is 0 Å². The molecule has 0 bridgehead atoms. The van der Waals surface area contributed by atoms with E-state index < -0.39 is 5.97 Å². The van der Waals surface area contributed by atoms with E-state index in [4.69, 9.17) is 5.11 Å². The Kier molecular flexibility index (Phi) is 1.91. The summed E-state index contributed by atoms with van der Waals surface area (Å²) in [6.07, 6.45) is 10.2. The number of allylic oxidation sites excluding steroid dienone is 5. The predicted octanol–water partition coefficient (Wildman–Crippen LogP) is 1.91. The van der Waals surface area contributed by atoms with E-state index in [1.54, 1.807) is 0 Å². The van der Waals surface area contributed by atoms with Gasteiger partial charge in [-0.3, -0.25) is 4.79 Å². The molecular weight excluding hydrogens is 164 g/mol. The first-order chi connectivity index (χ1) is 6.29. The molecule has 2 aliphatic carbocycles. The van der Waals surface area contributed by atoms with Crippen LogP contribution in [0, 0.1) is 11.8 Å². The standard InChI is InChI=1S/C11H10O2/c12-11(13)10-7-9(10)8-5-3-1-2-4-6-8/h1,3-6,9-10H,7H2,(H,12,13). The number of hydrogen-bond donors (Lipinski definition) is 1. The van der Waals surface area contributed by atoms with Crippen molar-refractivity contribution in [1.29, 1.82) is 0 Å². The first kappa shape index (κ1) is 8.09. The van der Waals surface area contributed by atoms with Crippen molar-refractivity contribution in [3.63, 3.8) is 0 Å². The van der Waals surface area contributed by atoms with E-state index in [9.17, 15) is 4.79 Å². The molecule has 0 aromatic rings. The van der Waals surface area contributed by atoms with Crippen molar-refractivity contribution in [3.8, 4) is 0 Å². The quantitative estimate of drug-likeness (QED) is 0.649. The molecule has 0 spiro atoms. The number of aliphatic carboxylic acids is 1. The summed E-state index contributed by atoms with van der Waals surface area (Å²) in [5.74, 6) is -0.624. The molecule has 0 aliphatic heterocycles. The molecule has 13 heavy (non-hydrogen) atoms. The van der Waals surface area contributed by atoms with E-state index in [-0.39, 0.29) is 11.8 Å². The lowest BCUT2D eigenvalue weighted by molar-refractivity contribution is -0.138. The van der Waals surface area contributed by atoms with Crippen LogP contribution in [0.1, 0.15) is 6.42 Å². The van der Waals surface area contributed by atoms with Crippen LogP contribution < -0.4 is 0 Å². The number of rotatable bonds is 2. The van der Waals surface area contributed by atoms with Crippen LogP contribution in [0.15, 0.2) is 41.7 Å². The number of hydrogen-bond acceptors (Lipinski definition) is 1. The average Bonchev–Trinajstić information content (AvgIpc) is 2.89. The molecule has 0 heterocycles. The van der Waals surface area contributed by atoms with Gasteiger partial charge in [0, 0.05) is 0 Å². The molecule has 2 rings (SSSR count). The van der Waals surface area contributed by atoms with Crippen LogP contribution in [-0.4, -0.2) is 11.1 Å². The van der Waals surface area contributed by atoms with Gasteiger partial charge in [-0.15, -0.1) is 5.73 Å². The third kappa shape index (κ3) is 1.63. The summed E-state index contributed by atoms with van der Waals surface area (Å²) >= 11 is 0. The highest BCUT2D eigenvalue weighted by molar-refractivity contribution is 5.74. The van der Waals surface area contributed by atoms with Crippen LogP contribution in [0.3, 0.4) is 0 Å². The molecule has 0 aromatic heterocycles. The minimum Gasteiger partial charge on any atom is -0.481 e. The molecule has 66 valence electrons. The molecule has 0 saturated heterocycles. The molecule has 2 unspecified atom stereocenters. The second-order valence-corrected chi connectivity index (χ2v) is 3.31. The summed E-state index contributed by atoms with van der Waals surface area (Å²) in [6, 6.07) is 0. The first-order valence-corrected chi connectivity index (χ1v) is 4.31. The van der Waals surface area contributed by atoms with Crippen molar-refractivity contribution in [3.05, 3.63) is 41.7 Å². The zero-order chi connectivity index (χ0) is 9.26. The van der Waals surface area contributed by atoms with Crippen LogP contribution in [0.2, 0.25) is 0 Å². The van der Waals surface area contributed by atoms with Crippen molar-refractivity contribution in [2.75, 3.05) is 0 Å². The Morgan fingerprint density at radius 3 is 3.08 bits per heavy atom. The van der Waals surface area contributed by atoms with E-state index in [1.807, 2.05) is 30.4 Å². The van der Waals surface area contributed by atoms with Gasteiger partial charge in [0.2, 0.25) is 0 Å². The summed E-state index contributed by atoms with van der Waals surface area (Å²) < 4.78 is 0. The van der Waals surface area contributed by atoms with Gasteiger partial charge >= 0.3 is 5.97 Å². The van der Waals surface area contributed by atoms with Gasteiger partial charge in [0.15, 0.2) is 0 Å². The molecule has 0 radical (unpaired) electrons. The lowest BCUT2D eigenvalue weighted by Gasteiger charge is -1.95. The monoisotopic (exact) mass is 174 g/mol. The molecule has 2 atom stereocenters. The Morgan fingerprint density at radius 2 is 2.38 bits per heavy atom. The fourth-order valence-electron chi connectivity index (χ4n) is 1.55. The van der Waals surface area contributed by atoms with Gasteiger partial charge in [0.05, 0.1) is 5.92 Å². The highest BCUT2D eigenvalue weighted by atomic mass is 16.4. The van der Waals surface area contributed by atoms with Gasteiger partial charge in [0.1, 0.15) is 0 Å². The minimum atomic E-state index is -0.680. The molecular formula is C11H10O2. The van der Waals surface area contributed by atoms with Crippen molar-refractivity contribution in [1.82, 2.24) is 0 Å². The van der Waals surface area contributed by atoms with Gasteiger partial charge in [-0.2, -0.15) is 0 Å². The van der Waals surface area contributed by atoms with Crippen molar-refractivity contribution < 1.29 is 9.90 Å². The van der Waals surface area contributed by atoms with E-state index in [0.717, 1.165) is 12.0 Å². The molecule has 0 amide bonds. The van der Waals surface area contributed by atoms with Crippen LogP contribution in [0.5, 0.6) is 0 Å². The lowest BCUT2D eigenvalue weighted by Crippen LogP contribution is -2.00. The summed E-state index contributed by atoms with van der Waals surface area (Å²) in [5, 5.41) is 8.74.